The molecule has 10 rings (SSSR count). The lowest BCUT2D eigenvalue weighted by atomic mass is 9.92. The normalized spacial score (nSPS) is 11.0. The van der Waals surface area contributed by atoms with Gasteiger partial charge in [0, 0.05) is 88.5 Å². The predicted octanol–water partition coefficient (Wildman–Crippen LogP) is 10.0. The molecule has 0 saturated carbocycles. The van der Waals surface area contributed by atoms with E-state index in [0.717, 1.165) is 61.2 Å². The van der Waals surface area contributed by atoms with Gasteiger partial charge in [-0.1, -0.05) is 72.8 Å². The van der Waals surface area contributed by atoms with Crippen molar-refractivity contribution in [1.29, 1.82) is 0 Å². The summed E-state index contributed by atoms with van der Waals surface area (Å²) in [6.07, 6.45) is 13.9. The van der Waals surface area contributed by atoms with E-state index < -0.39 is 0 Å². The van der Waals surface area contributed by atoms with Crippen LogP contribution in [0.4, 0.5) is 0 Å². The van der Waals surface area contributed by atoms with E-state index in [0.29, 0.717) is 40.8 Å². The molecule has 0 aliphatic rings. The summed E-state index contributed by atoms with van der Waals surface area (Å²) in [5.41, 5.74) is 9.42. The Bertz CT molecular complexity index is 2860. The van der Waals surface area contributed by atoms with E-state index in [9.17, 15) is 0 Å². The third-order valence-corrected chi connectivity index (χ3v) is 9.82. The van der Waals surface area contributed by atoms with Crippen molar-refractivity contribution in [2.75, 3.05) is 0 Å². The van der Waals surface area contributed by atoms with Crippen LogP contribution in [0.25, 0.3) is 102 Å². The van der Waals surface area contributed by atoms with Gasteiger partial charge in [0.05, 0.1) is 0 Å². The highest BCUT2D eigenvalue weighted by Crippen LogP contribution is 2.39. The Morgan fingerprint density at radius 1 is 0.200 bits per heavy atom. The van der Waals surface area contributed by atoms with Crippen LogP contribution in [-0.2, 0) is 0 Å². The minimum absolute atomic E-state index is 0.521. The molecule has 5 aromatic carbocycles. The molecule has 5 heterocycles. The maximum absolute atomic E-state index is 5.11. The van der Waals surface area contributed by atoms with Crippen LogP contribution in [0.15, 0.2) is 189 Å². The first kappa shape index (κ1) is 35.8. The molecule has 0 unspecified atom stereocenters. The van der Waals surface area contributed by atoms with Crippen LogP contribution in [0.3, 0.4) is 0 Å². The van der Waals surface area contributed by atoms with Crippen molar-refractivity contribution in [2.24, 2.45) is 0 Å². The SMILES string of the molecule is c1ccc(-c2nc(-c3ccccc3)nc(-c3cc(-c4ccc(-c5ncccn5)c(-c5ncccn5)c4)cc(-c4ccc(-c5ncccn5)c(-c5ncccn5)c4)c3)n2)cc1. The maximum Gasteiger partial charge on any atom is 0.164 e. The van der Waals surface area contributed by atoms with Gasteiger partial charge < -0.3 is 0 Å². The molecule has 11 nitrogen and oxygen atoms in total. The summed E-state index contributed by atoms with van der Waals surface area (Å²) in [5, 5.41) is 0. The molecule has 0 aliphatic heterocycles. The fraction of sp³-hybridized carbons (Fsp3) is 0. The molecule has 0 amide bonds. The zero-order valence-corrected chi connectivity index (χ0v) is 31.8. The first-order chi connectivity index (χ1) is 29.7. The average molecular weight is 774 g/mol. The molecule has 0 N–H and O–H groups in total. The third kappa shape index (κ3) is 7.37. The highest BCUT2D eigenvalue weighted by Gasteiger charge is 2.19. The van der Waals surface area contributed by atoms with Crippen LogP contribution >= 0.6 is 0 Å². The quantitative estimate of drug-likeness (QED) is 0.138. The summed E-state index contributed by atoms with van der Waals surface area (Å²) in [4.78, 5) is 52.0. The van der Waals surface area contributed by atoms with Gasteiger partial charge in [-0.05, 0) is 89.0 Å². The molecule has 60 heavy (non-hydrogen) atoms. The predicted molar refractivity (Wildman–Crippen MR) is 231 cm³/mol. The second-order valence-corrected chi connectivity index (χ2v) is 13.6. The minimum Gasteiger partial charge on any atom is -0.237 e. The molecular weight excluding hydrogens is 743 g/mol. The topological polar surface area (TPSA) is 142 Å². The molecule has 0 radical (unpaired) electrons. The van der Waals surface area contributed by atoms with E-state index in [-0.39, 0.29) is 0 Å². The van der Waals surface area contributed by atoms with Gasteiger partial charge in [0.15, 0.2) is 40.8 Å². The fourth-order valence-corrected chi connectivity index (χ4v) is 6.99. The third-order valence-electron chi connectivity index (χ3n) is 9.82. The summed E-state index contributed by atoms with van der Waals surface area (Å²) in [5.74, 6) is 3.92. The molecule has 10 aromatic rings. The molecule has 282 valence electrons. The first-order valence-electron chi connectivity index (χ1n) is 19.1. The summed E-state index contributed by atoms with van der Waals surface area (Å²) in [6, 6.07) is 45.8. The molecule has 0 spiro atoms. The minimum atomic E-state index is 0.521. The van der Waals surface area contributed by atoms with Crippen LogP contribution < -0.4 is 0 Å². The molecule has 0 fully saturated rings. The smallest absolute Gasteiger partial charge is 0.164 e. The van der Waals surface area contributed by atoms with Crippen molar-refractivity contribution in [3.05, 3.63) is 189 Å². The second-order valence-electron chi connectivity index (χ2n) is 13.6. The van der Waals surface area contributed by atoms with E-state index in [1.165, 1.54) is 0 Å². The van der Waals surface area contributed by atoms with Crippen molar-refractivity contribution in [1.82, 2.24) is 54.8 Å². The molecule has 0 saturated heterocycles. The molecule has 0 atom stereocenters. The van der Waals surface area contributed by atoms with Crippen LogP contribution in [0.1, 0.15) is 0 Å². The highest BCUT2D eigenvalue weighted by molar-refractivity contribution is 5.88. The van der Waals surface area contributed by atoms with E-state index in [1.54, 1.807) is 73.8 Å². The Balaban J connectivity index is 1.21. The lowest BCUT2D eigenvalue weighted by Crippen LogP contribution is -2.01. The monoisotopic (exact) mass is 773 g/mol. The van der Waals surface area contributed by atoms with Crippen molar-refractivity contribution < 1.29 is 0 Å². The van der Waals surface area contributed by atoms with Gasteiger partial charge >= 0.3 is 0 Å². The van der Waals surface area contributed by atoms with Crippen molar-refractivity contribution >= 4 is 0 Å². The number of hydrogen-bond acceptors (Lipinski definition) is 11. The van der Waals surface area contributed by atoms with Gasteiger partial charge in [-0.15, -0.1) is 0 Å². The zero-order valence-electron chi connectivity index (χ0n) is 31.8. The van der Waals surface area contributed by atoms with Gasteiger partial charge in [-0.25, -0.2) is 54.8 Å². The average Bonchev–Trinajstić information content (AvgIpc) is 3.35. The number of nitrogens with zero attached hydrogens (tertiary/aromatic N) is 11. The Morgan fingerprint density at radius 2 is 0.517 bits per heavy atom. The van der Waals surface area contributed by atoms with Gasteiger partial charge in [0.2, 0.25) is 0 Å². The van der Waals surface area contributed by atoms with Crippen LogP contribution in [0.2, 0.25) is 0 Å². The Kier molecular flexibility index (Phi) is 9.62. The van der Waals surface area contributed by atoms with Gasteiger partial charge in [0.1, 0.15) is 0 Å². The van der Waals surface area contributed by atoms with Crippen LogP contribution in [-0.4, -0.2) is 54.8 Å². The molecule has 0 bridgehead atoms. The Morgan fingerprint density at radius 3 is 0.883 bits per heavy atom. The van der Waals surface area contributed by atoms with E-state index in [1.807, 2.05) is 72.8 Å². The second kappa shape index (κ2) is 16.1. The highest BCUT2D eigenvalue weighted by atomic mass is 15.0. The summed E-state index contributed by atoms with van der Waals surface area (Å²) in [6.45, 7) is 0. The number of aromatic nitrogens is 11. The number of hydrogen-bond donors (Lipinski definition) is 0. The number of rotatable bonds is 9. The van der Waals surface area contributed by atoms with Crippen LogP contribution in [0.5, 0.6) is 0 Å². The van der Waals surface area contributed by atoms with E-state index in [4.69, 9.17) is 15.0 Å². The fourth-order valence-electron chi connectivity index (χ4n) is 6.99. The Hall–Kier alpha value is -8.57. The summed E-state index contributed by atoms with van der Waals surface area (Å²) >= 11 is 0. The van der Waals surface area contributed by atoms with E-state index in [2.05, 4.69) is 82.3 Å². The summed E-state index contributed by atoms with van der Waals surface area (Å²) in [7, 11) is 0. The summed E-state index contributed by atoms with van der Waals surface area (Å²) < 4.78 is 0. The first-order valence-corrected chi connectivity index (χ1v) is 19.1. The van der Waals surface area contributed by atoms with Gasteiger partial charge in [-0.2, -0.15) is 0 Å². The maximum atomic E-state index is 5.11. The molecule has 5 aromatic heterocycles. The molecule has 11 heteroatoms. The number of benzene rings is 5. The van der Waals surface area contributed by atoms with Crippen LogP contribution in [0, 0.1) is 0 Å². The van der Waals surface area contributed by atoms with Gasteiger partial charge in [-0.3, -0.25) is 0 Å². The lowest BCUT2D eigenvalue weighted by molar-refractivity contribution is 1.07. The molecular formula is C49H31N11. The Labute approximate surface area is 344 Å². The van der Waals surface area contributed by atoms with Gasteiger partial charge in [0.25, 0.3) is 0 Å². The largest absolute Gasteiger partial charge is 0.237 e. The standard InChI is InChI=1S/C49H31N11/c1-3-11-32(12-4-1)43-58-44(33-13-5-2-6-14-33)60-45(59-43)38-28-36(34-15-17-39(46-50-19-7-20-51-46)41(30-34)48-54-23-9-24-55-48)27-37(29-38)35-16-18-40(47-52-21-8-22-53-47)42(31-35)49-56-25-10-26-57-49/h1-31H. The molecule has 0 aliphatic carbocycles. The van der Waals surface area contributed by atoms with E-state index >= 15 is 0 Å². The van der Waals surface area contributed by atoms with Crippen molar-refractivity contribution in [3.63, 3.8) is 0 Å². The van der Waals surface area contributed by atoms with Crippen molar-refractivity contribution in [3.8, 4) is 102 Å². The van der Waals surface area contributed by atoms with Crippen molar-refractivity contribution in [2.45, 2.75) is 0 Å². The lowest BCUT2D eigenvalue weighted by Gasteiger charge is -2.15. The zero-order chi connectivity index (χ0) is 40.1.